The maximum atomic E-state index is 13.3. The van der Waals surface area contributed by atoms with E-state index >= 15 is 0 Å². The van der Waals surface area contributed by atoms with Gasteiger partial charge in [-0.1, -0.05) is 11.6 Å². The number of rotatable bonds is 5. The lowest BCUT2D eigenvalue weighted by molar-refractivity contribution is 0.0490. The van der Waals surface area contributed by atoms with E-state index in [9.17, 15) is 9.59 Å². The van der Waals surface area contributed by atoms with Crippen molar-refractivity contribution in [1.82, 2.24) is 30.2 Å². The first-order valence-corrected chi connectivity index (χ1v) is 12.7. The summed E-state index contributed by atoms with van der Waals surface area (Å²) in [5.41, 5.74) is 2.48. The average molecular weight is 511 g/mol. The van der Waals surface area contributed by atoms with Crippen molar-refractivity contribution in [3.05, 3.63) is 46.6 Å². The minimum absolute atomic E-state index is 0.0144. The van der Waals surface area contributed by atoms with Gasteiger partial charge in [0.15, 0.2) is 0 Å². The van der Waals surface area contributed by atoms with Gasteiger partial charge in [-0.2, -0.15) is 15.4 Å². The van der Waals surface area contributed by atoms with Gasteiger partial charge >= 0.3 is 0 Å². The van der Waals surface area contributed by atoms with E-state index in [0.29, 0.717) is 61.2 Å². The molecule has 0 radical (unpaired) electrons. The minimum Gasteiger partial charge on any atom is -0.477 e. The maximum Gasteiger partial charge on any atom is 0.254 e. The maximum absolute atomic E-state index is 13.3. The summed E-state index contributed by atoms with van der Waals surface area (Å²) in [7, 11) is 0. The fourth-order valence-electron chi connectivity index (χ4n) is 5.45. The summed E-state index contributed by atoms with van der Waals surface area (Å²) < 4.78 is 11.3. The van der Waals surface area contributed by atoms with Crippen LogP contribution in [-0.4, -0.2) is 88.0 Å². The molecule has 1 aromatic carbocycles. The molecule has 3 aromatic rings. The Labute approximate surface area is 212 Å². The SMILES string of the molecule is O=C(c1cc(Cl)nc(OCC2CCOCC2)c1)N1CC2CN(C(=O)c3ccc4n[nH]nc4c3)CC2C1. The third-order valence-electron chi connectivity index (χ3n) is 7.45. The predicted octanol–water partition coefficient (Wildman–Crippen LogP) is 2.66. The molecular weight excluding hydrogens is 484 g/mol. The highest BCUT2D eigenvalue weighted by molar-refractivity contribution is 6.29. The summed E-state index contributed by atoms with van der Waals surface area (Å²) in [6.07, 6.45) is 1.91. The number of H-pyrrole nitrogens is 1. The van der Waals surface area contributed by atoms with Crippen LogP contribution in [0.15, 0.2) is 30.3 Å². The quantitative estimate of drug-likeness (QED) is 0.525. The van der Waals surface area contributed by atoms with E-state index < -0.39 is 0 Å². The van der Waals surface area contributed by atoms with E-state index in [0.717, 1.165) is 31.6 Å². The number of likely N-dealkylation sites (tertiary alicyclic amines) is 2. The van der Waals surface area contributed by atoms with Gasteiger partial charge in [0.05, 0.1) is 6.61 Å². The molecule has 0 bridgehead atoms. The number of aromatic nitrogens is 4. The standard InChI is InChI=1S/C25H27ClN6O4/c26-22-8-17(9-23(27-22)36-14-15-3-5-35-6-4-15)25(34)32-12-18-10-31(11-19(18)13-32)24(33)16-1-2-20-21(7-16)29-30-28-20/h1-2,7-9,15,18-19H,3-6,10-14H2,(H,28,29,30). The summed E-state index contributed by atoms with van der Waals surface area (Å²) in [5.74, 6) is 1.18. The van der Waals surface area contributed by atoms with Crippen molar-refractivity contribution in [1.29, 1.82) is 0 Å². The number of nitrogens with one attached hydrogen (secondary N) is 1. The molecule has 6 rings (SSSR count). The zero-order chi connectivity index (χ0) is 24.6. The highest BCUT2D eigenvalue weighted by Crippen LogP contribution is 2.33. The van der Waals surface area contributed by atoms with Gasteiger partial charge in [0.25, 0.3) is 11.8 Å². The monoisotopic (exact) mass is 510 g/mol. The van der Waals surface area contributed by atoms with Gasteiger partial charge in [-0.3, -0.25) is 9.59 Å². The molecule has 5 heterocycles. The summed E-state index contributed by atoms with van der Waals surface area (Å²) >= 11 is 6.22. The Morgan fingerprint density at radius 2 is 1.61 bits per heavy atom. The lowest BCUT2D eigenvalue weighted by Crippen LogP contribution is -2.35. The molecule has 0 saturated carbocycles. The average Bonchev–Trinajstić information content (AvgIpc) is 3.61. The van der Waals surface area contributed by atoms with Crippen LogP contribution < -0.4 is 4.74 Å². The molecule has 3 aliphatic heterocycles. The molecule has 3 aliphatic rings. The van der Waals surface area contributed by atoms with E-state index in [1.807, 2.05) is 9.80 Å². The Morgan fingerprint density at radius 1 is 0.944 bits per heavy atom. The van der Waals surface area contributed by atoms with Gasteiger partial charge in [0.1, 0.15) is 16.2 Å². The fraction of sp³-hybridized carbons (Fsp3) is 0.480. The van der Waals surface area contributed by atoms with Crippen LogP contribution in [0.4, 0.5) is 0 Å². The van der Waals surface area contributed by atoms with Crippen LogP contribution in [0.1, 0.15) is 33.6 Å². The smallest absolute Gasteiger partial charge is 0.254 e. The summed E-state index contributed by atoms with van der Waals surface area (Å²) in [4.78, 5) is 34.3. The van der Waals surface area contributed by atoms with E-state index in [4.69, 9.17) is 21.1 Å². The fourth-order valence-corrected chi connectivity index (χ4v) is 5.65. The van der Waals surface area contributed by atoms with Crippen LogP contribution in [0, 0.1) is 17.8 Å². The zero-order valence-electron chi connectivity index (χ0n) is 19.7. The first kappa shape index (κ1) is 23.2. The van der Waals surface area contributed by atoms with Crippen LogP contribution in [-0.2, 0) is 4.74 Å². The largest absolute Gasteiger partial charge is 0.477 e. The van der Waals surface area contributed by atoms with Crippen LogP contribution in [0.2, 0.25) is 5.15 Å². The lowest BCUT2D eigenvalue weighted by atomic mass is 10.0. The summed E-state index contributed by atoms with van der Waals surface area (Å²) in [6.45, 7) is 4.49. The highest BCUT2D eigenvalue weighted by atomic mass is 35.5. The Hall–Kier alpha value is -3.24. The second-order valence-electron chi connectivity index (χ2n) is 9.85. The topological polar surface area (TPSA) is 114 Å². The third kappa shape index (κ3) is 4.62. The number of amides is 2. The van der Waals surface area contributed by atoms with E-state index in [1.165, 1.54) is 0 Å². The number of pyridine rings is 1. The van der Waals surface area contributed by atoms with Crippen molar-refractivity contribution in [3.8, 4) is 5.88 Å². The van der Waals surface area contributed by atoms with Crippen molar-refractivity contribution in [2.45, 2.75) is 12.8 Å². The summed E-state index contributed by atoms with van der Waals surface area (Å²) in [6, 6.07) is 8.61. The second-order valence-corrected chi connectivity index (χ2v) is 10.2. The number of fused-ring (bicyclic) bond motifs is 2. The number of carbonyl (C=O) groups excluding carboxylic acids is 2. The molecule has 11 heteroatoms. The number of halogens is 1. The number of nitrogens with zero attached hydrogens (tertiary/aromatic N) is 5. The first-order valence-electron chi connectivity index (χ1n) is 12.3. The molecular formula is C25H27ClN6O4. The molecule has 0 aliphatic carbocycles. The van der Waals surface area contributed by atoms with Crippen LogP contribution >= 0.6 is 11.6 Å². The molecule has 3 saturated heterocycles. The number of hydrogen-bond acceptors (Lipinski definition) is 7. The first-order chi connectivity index (χ1) is 17.5. The minimum atomic E-state index is -0.0843. The molecule has 2 atom stereocenters. The van der Waals surface area contributed by atoms with Gasteiger partial charge in [-0.05, 0) is 43.0 Å². The second kappa shape index (κ2) is 9.67. The molecule has 2 amide bonds. The Kier molecular flexibility index (Phi) is 6.22. The molecule has 188 valence electrons. The van der Waals surface area contributed by atoms with Gasteiger partial charge in [-0.15, -0.1) is 0 Å². The molecule has 2 aromatic heterocycles. The van der Waals surface area contributed by atoms with E-state index in [1.54, 1.807) is 30.3 Å². The van der Waals surface area contributed by atoms with Crippen molar-refractivity contribution in [2.75, 3.05) is 46.0 Å². The highest BCUT2D eigenvalue weighted by Gasteiger charge is 2.43. The number of benzene rings is 1. The Morgan fingerprint density at radius 3 is 2.33 bits per heavy atom. The molecule has 2 unspecified atom stereocenters. The number of aromatic amines is 1. The Bertz CT molecular complexity index is 1280. The van der Waals surface area contributed by atoms with Gasteiger partial charge < -0.3 is 19.3 Å². The lowest BCUT2D eigenvalue weighted by Gasteiger charge is -2.23. The molecule has 1 N–H and O–H groups in total. The Balaban J connectivity index is 1.07. The summed E-state index contributed by atoms with van der Waals surface area (Å²) in [5, 5.41) is 10.9. The number of hydrogen-bond donors (Lipinski definition) is 1. The van der Waals surface area contributed by atoms with Crippen molar-refractivity contribution >= 4 is 34.4 Å². The van der Waals surface area contributed by atoms with Crippen LogP contribution in [0.3, 0.4) is 0 Å². The van der Waals surface area contributed by atoms with Crippen molar-refractivity contribution in [2.24, 2.45) is 17.8 Å². The number of ether oxygens (including phenoxy) is 2. The predicted molar refractivity (Wildman–Crippen MR) is 131 cm³/mol. The van der Waals surface area contributed by atoms with Crippen LogP contribution in [0.5, 0.6) is 5.88 Å². The third-order valence-corrected chi connectivity index (χ3v) is 7.64. The van der Waals surface area contributed by atoms with Gasteiger partial charge in [-0.25, -0.2) is 4.98 Å². The molecule has 36 heavy (non-hydrogen) atoms. The van der Waals surface area contributed by atoms with Crippen LogP contribution in [0.25, 0.3) is 11.0 Å². The van der Waals surface area contributed by atoms with Gasteiger partial charge in [0, 0.05) is 68.4 Å². The van der Waals surface area contributed by atoms with Gasteiger partial charge in [0.2, 0.25) is 5.88 Å². The van der Waals surface area contributed by atoms with Crippen molar-refractivity contribution < 1.29 is 19.1 Å². The van der Waals surface area contributed by atoms with E-state index in [-0.39, 0.29) is 28.8 Å². The van der Waals surface area contributed by atoms with Crippen molar-refractivity contribution in [3.63, 3.8) is 0 Å². The number of carbonyl (C=O) groups is 2. The molecule has 3 fully saturated rings. The molecule has 0 spiro atoms. The zero-order valence-corrected chi connectivity index (χ0v) is 20.5. The molecule has 10 nitrogen and oxygen atoms in total. The van der Waals surface area contributed by atoms with E-state index in [2.05, 4.69) is 20.4 Å². The normalized spacial score (nSPS) is 22.2.